The Labute approximate surface area is 144 Å². The molecule has 7 heteroatoms. The third-order valence-electron chi connectivity index (χ3n) is 6.11. The molecule has 3 saturated heterocycles. The maximum absolute atomic E-state index is 6.06. The zero-order valence-electron chi connectivity index (χ0n) is 15.0. The van der Waals surface area contributed by atoms with Crippen molar-refractivity contribution in [1.82, 2.24) is 9.97 Å². The zero-order valence-corrected chi connectivity index (χ0v) is 15.0. The number of piperidine rings is 1. The summed E-state index contributed by atoms with van der Waals surface area (Å²) >= 11 is 0. The average Bonchev–Trinajstić information content (AvgIpc) is 2.74. The summed E-state index contributed by atoms with van der Waals surface area (Å²) < 4.78 is 17.5. The van der Waals surface area contributed by atoms with Crippen LogP contribution in [0.3, 0.4) is 0 Å². The molecular formula is C17H26BN3O3. The SMILES string of the molecule is CC1(C)OB(c2cnc(N3CCC4(CC3)COC4)nc2)OC1(C)C. The summed E-state index contributed by atoms with van der Waals surface area (Å²) in [6.45, 7) is 12.0. The van der Waals surface area contributed by atoms with E-state index in [9.17, 15) is 0 Å². The molecule has 24 heavy (non-hydrogen) atoms. The van der Waals surface area contributed by atoms with Gasteiger partial charge in [-0.3, -0.25) is 0 Å². The van der Waals surface area contributed by atoms with Crippen LogP contribution in [0.15, 0.2) is 12.4 Å². The van der Waals surface area contributed by atoms with Gasteiger partial charge in [-0.25, -0.2) is 9.97 Å². The lowest BCUT2D eigenvalue weighted by Crippen LogP contribution is -2.51. The summed E-state index contributed by atoms with van der Waals surface area (Å²) in [4.78, 5) is 11.4. The van der Waals surface area contributed by atoms with E-state index in [1.54, 1.807) is 0 Å². The fourth-order valence-electron chi connectivity index (χ4n) is 3.46. The van der Waals surface area contributed by atoms with E-state index in [1.165, 1.54) is 0 Å². The van der Waals surface area contributed by atoms with E-state index in [-0.39, 0.29) is 11.2 Å². The van der Waals surface area contributed by atoms with Crippen LogP contribution in [0.25, 0.3) is 0 Å². The van der Waals surface area contributed by atoms with Crippen molar-refractivity contribution in [3.63, 3.8) is 0 Å². The van der Waals surface area contributed by atoms with Crippen LogP contribution < -0.4 is 10.4 Å². The second-order valence-corrected chi connectivity index (χ2v) is 8.38. The predicted molar refractivity (Wildman–Crippen MR) is 92.4 cm³/mol. The van der Waals surface area contributed by atoms with Crippen LogP contribution in [0.2, 0.25) is 0 Å². The van der Waals surface area contributed by atoms with Crippen molar-refractivity contribution in [1.29, 1.82) is 0 Å². The first-order valence-corrected chi connectivity index (χ1v) is 8.81. The standard InChI is InChI=1S/C17H26BN3O3/c1-15(2)16(3,4)24-18(23-15)13-9-19-14(20-10-13)21-7-5-17(6-8-21)11-22-12-17/h9-10H,5-8,11-12H2,1-4H3. The van der Waals surface area contributed by atoms with E-state index in [4.69, 9.17) is 14.0 Å². The van der Waals surface area contributed by atoms with Gasteiger partial charge in [0.25, 0.3) is 0 Å². The second-order valence-electron chi connectivity index (χ2n) is 8.38. The minimum absolute atomic E-state index is 0.345. The van der Waals surface area contributed by atoms with Gasteiger partial charge in [0.1, 0.15) is 0 Å². The van der Waals surface area contributed by atoms with Gasteiger partial charge in [-0.2, -0.15) is 0 Å². The summed E-state index contributed by atoms with van der Waals surface area (Å²) in [6, 6.07) is 0. The summed E-state index contributed by atoms with van der Waals surface area (Å²) in [7, 11) is -0.402. The summed E-state index contributed by atoms with van der Waals surface area (Å²) in [6.07, 6.45) is 5.99. The largest absolute Gasteiger partial charge is 0.498 e. The highest BCUT2D eigenvalue weighted by Crippen LogP contribution is 2.39. The van der Waals surface area contributed by atoms with Crippen molar-refractivity contribution in [2.75, 3.05) is 31.2 Å². The predicted octanol–water partition coefficient (Wildman–Crippen LogP) is 1.39. The molecular weight excluding hydrogens is 305 g/mol. The molecule has 0 bridgehead atoms. The number of ether oxygens (including phenoxy) is 1. The number of anilines is 1. The topological polar surface area (TPSA) is 56.7 Å². The lowest BCUT2D eigenvalue weighted by atomic mass is 9.77. The monoisotopic (exact) mass is 331 g/mol. The van der Waals surface area contributed by atoms with E-state index in [0.717, 1.165) is 50.6 Å². The van der Waals surface area contributed by atoms with Crippen LogP contribution in [-0.4, -0.2) is 54.6 Å². The maximum atomic E-state index is 6.06. The van der Waals surface area contributed by atoms with Gasteiger partial charge in [-0.05, 0) is 40.5 Å². The van der Waals surface area contributed by atoms with Gasteiger partial charge in [-0.1, -0.05) is 0 Å². The second kappa shape index (κ2) is 5.41. The molecule has 0 saturated carbocycles. The maximum Gasteiger partial charge on any atom is 0.498 e. The van der Waals surface area contributed by atoms with Crippen molar-refractivity contribution < 1.29 is 14.0 Å². The van der Waals surface area contributed by atoms with Gasteiger partial charge in [0, 0.05) is 36.4 Å². The Kier molecular flexibility index (Phi) is 3.68. The Hall–Kier alpha value is -1.18. The highest BCUT2D eigenvalue weighted by molar-refractivity contribution is 6.61. The minimum Gasteiger partial charge on any atom is -0.399 e. The molecule has 0 atom stereocenters. The number of nitrogens with zero attached hydrogens (tertiary/aromatic N) is 3. The third-order valence-corrected chi connectivity index (χ3v) is 6.11. The van der Waals surface area contributed by atoms with Crippen LogP contribution in [0.4, 0.5) is 5.95 Å². The van der Waals surface area contributed by atoms with Crippen LogP contribution in [0.1, 0.15) is 40.5 Å². The normalized spacial score (nSPS) is 27.3. The van der Waals surface area contributed by atoms with Gasteiger partial charge in [0.05, 0.1) is 24.4 Å². The molecule has 0 N–H and O–H groups in total. The van der Waals surface area contributed by atoms with Crippen molar-refractivity contribution in [2.24, 2.45) is 5.41 Å². The first-order valence-electron chi connectivity index (χ1n) is 8.81. The van der Waals surface area contributed by atoms with E-state index in [1.807, 2.05) is 12.4 Å². The molecule has 4 heterocycles. The van der Waals surface area contributed by atoms with Gasteiger partial charge >= 0.3 is 7.12 Å². The lowest BCUT2D eigenvalue weighted by Gasteiger charge is -2.47. The molecule has 0 aromatic carbocycles. The van der Waals surface area contributed by atoms with Crippen molar-refractivity contribution in [3.05, 3.63) is 12.4 Å². The molecule has 0 unspecified atom stereocenters. The van der Waals surface area contributed by atoms with Gasteiger partial charge in [0.2, 0.25) is 5.95 Å². The van der Waals surface area contributed by atoms with Crippen LogP contribution in [0, 0.1) is 5.41 Å². The summed E-state index contributed by atoms with van der Waals surface area (Å²) in [5, 5.41) is 0. The molecule has 1 aromatic rings. The first kappa shape index (κ1) is 16.3. The summed E-state index contributed by atoms with van der Waals surface area (Å²) in [5.74, 6) is 0.797. The molecule has 0 aliphatic carbocycles. The molecule has 130 valence electrons. The van der Waals surface area contributed by atoms with Gasteiger partial charge in [-0.15, -0.1) is 0 Å². The third kappa shape index (κ3) is 2.63. The quantitative estimate of drug-likeness (QED) is 0.764. The van der Waals surface area contributed by atoms with E-state index >= 15 is 0 Å². The molecule has 0 radical (unpaired) electrons. The molecule has 6 nitrogen and oxygen atoms in total. The van der Waals surface area contributed by atoms with Gasteiger partial charge < -0.3 is 18.9 Å². The van der Waals surface area contributed by atoms with Crippen LogP contribution in [-0.2, 0) is 14.0 Å². The first-order chi connectivity index (χ1) is 11.3. The Balaban J connectivity index is 1.42. The Morgan fingerprint density at radius 2 is 1.50 bits per heavy atom. The average molecular weight is 331 g/mol. The number of rotatable bonds is 2. The number of aromatic nitrogens is 2. The number of hydrogen-bond acceptors (Lipinski definition) is 6. The fraction of sp³-hybridized carbons (Fsp3) is 0.765. The molecule has 1 aromatic heterocycles. The van der Waals surface area contributed by atoms with Crippen molar-refractivity contribution in [3.8, 4) is 0 Å². The molecule has 4 rings (SSSR count). The fourth-order valence-corrected chi connectivity index (χ4v) is 3.46. The van der Waals surface area contributed by atoms with E-state index < -0.39 is 7.12 Å². The van der Waals surface area contributed by atoms with Crippen molar-refractivity contribution in [2.45, 2.75) is 51.7 Å². The Morgan fingerprint density at radius 3 is 1.96 bits per heavy atom. The molecule has 1 spiro atoms. The van der Waals surface area contributed by atoms with Gasteiger partial charge in [0.15, 0.2) is 0 Å². The molecule has 3 fully saturated rings. The smallest absolute Gasteiger partial charge is 0.399 e. The minimum atomic E-state index is -0.402. The Morgan fingerprint density at radius 1 is 0.958 bits per heavy atom. The van der Waals surface area contributed by atoms with Crippen molar-refractivity contribution >= 4 is 18.5 Å². The van der Waals surface area contributed by atoms with Crippen LogP contribution >= 0.6 is 0 Å². The Bertz CT molecular complexity index is 590. The van der Waals surface area contributed by atoms with E-state index in [0.29, 0.717) is 5.41 Å². The van der Waals surface area contributed by atoms with Crippen LogP contribution in [0.5, 0.6) is 0 Å². The molecule has 3 aliphatic rings. The lowest BCUT2D eigenvalue weighted by molar-refractivity contribution is -0.124. The highest BCUT2D eigenvalue weighted by Gasteiger charge is 2.52. The van der Waals surface area contributed by atoms with E-state index in [2.05, 4.69) is 42.6 Å². The molecule has 3 aliphatic heterocycles. The zero-order chi connectivity index (χ0) is 17.0. The summed E-state index contributed by atoms with van der Waals surface area (Å²) in [5.41, 5.74) is 0.613. The molecule has 0 amide bonds. The number of hydrogen-bond donors (Lipinski definition) is 0. The highest BCUT2D eigenvalue weighted by atomic mass is 16.7.